The fraction of sp³-hybridized carbons (Fsp3) is 0.0909. The van der Waals surface area contributed by atoms with E-state index in [4.69, 9.17) is 9.72 Å². The Balaban J connectivity index is 1.70. The van der Waals surface area contributed by atoms with Gasteiger partial charge < -0.3 is 10.1 Å². The van der Waals surface area contributed by atoms with Crippen LogP contribution < -0.4 is 5.32 Å². The van der Waals surface area contributed by atoms with E-state index >= 15 is 0 Å². The monoisotopic (exact) mass is 355 g/mol. The molecule has 5 nitrogen and oxygen atoms in total. The van der Waals surface area contributed by atoms with Crippen molar-refractivity contribution in [2.24, 2.45) is 0 Å². The van der Waals surface area contributed by atoms with Gasteiger partial charge in [-0.25, -0.2) is 9.78 Å². The zero-order valence-corrected chi connectivity index (χ0v) is 14.7. The first-order valence-corrected chi connectivity index (χ1v) is 8.77. The quantitative estimate of drug-likeness (QED) is 0.539. The molecule has 0 radical (unpaired) electrons. The molecule has 0 bridgehead atoms. The zero-order chi connectivity index (χ0) is 18.4. The highest BCUT2D eigenvalue weighted by Gasteiger charge is 2.28. The summed E-state index contributed by atoms with van der Waals surface area (Å²) < 4.78 is 7.01. The summed E-state index contributed by atoms with van der Waals surface area (Å²) in [4.78, 5) is 16.6. The lowest BCUT2D eigenvalue weighted by Gasteiger charge is -2.30. The Hall–Kier alpha value is -3.60. The number of para-hydroxylation sites is 3. The van der Waals surface area contributed by atoms with Gasteiger partial charge in [0, 0.05) is 11.3 Å². The van der Waals surface area contributed by atoms with E-state index in [9.17, 15) is 4.79 Å². The molecule has 1 N–H and O–H groups in total. The number of carbonyl (C=O) groups is 1. The fourth-order valence-electron chi connectivity index (χ4n) is 3.66. The average Bonchev–Trinajstić information content (AvgIpc) is 3.13. The maximum absolute atomic E-state index is 11.7. The minimum atomic E-state index is -0.336. The van der Waals surface area contributed by atoms with Gasteiger partial charge in [0.05, 0.1) is 23.7 Å². The van der Waals surface area contributed by atoms with Crippen LogP contribution in [0.4, 0.5) is 5.69 Å². The molecule has 1 aliphatic heterocycles. The Bertz CT molecular complexity index is 1160. The summed E-state index contributed by atoms with van der Waals surface area (Å²) in [7, 11) is 1.39. The molecule has 0 spiro atoms. The number of rotatable bonds is 2. The molecule has 5 rings (SSSR count). The highest BCUT2D eigenvalue weighted by atomic mass is 16.5. The third kappa shape index (κ3) is 2.39. The Morgan fingerprint density at radius 1 is 1.00 bits per heavy atom. The van der Waals surface area contributed by atoms with E-state index < -0.39 is 0 Å². The van der Waals surface area contributed by atoms with E-state index in [2.05, 4.69) is 28.1 Å². The van der Waals surface area contributed by atoms with Crippen LogP contribution in [0.5, 0.6) is 0 Å². The average molecular weight is 355 g/mol. The molecule has 132 valence electrons. The number of methoxy groups -OCH3 is 1. The Kier molecular flexibility index (Phi) is 3.47. The summed E-state index contributed by atoms with van der Waals surface area (Å²) in [5, 5.41) is 3.62. The number of imidazole rings is 1. The lowest BCUT2D eigenvalue weighted by atomic mass is 10.0. The SMILES string of the molecule is COC(=O)c1ccc(C2Nc3ccccc3-c3nc4ccccc4n32)cc1. The zero-order valence-electron chi connectivity index (χ0n) is 14.7. The first kappa shape index (κ1) is 15.6. The first-order chi connectivity index (χ1) is 13.3. The van der Waals surface area contributed by atoms with Crippen molar-refractivity contribution < 1.29 is 9.53 Å². The molecule has 1 aliphatic rings. The summed E-state index contributed by atoms with van der Waals surface area (Å²) in [6, 6.07) is 23.8. The highest BCUT2D eigenvalue weighted by Crippen LogP contribution is 2.40. The van der Waals surface area contributed by atoms with E-state index in [1.807, 2.05) is 42.5 Å². The van der Waals surface area contributed by atoms with Crippen LogP contribution in [-0.2, 0) is 4.74 Å². The molecule has 0 saturated carbocycles. The summed E-state index contributed by atoms with van der Waals surface area (Å²) >= 11 is 0. The van der Waals surface area contributed by atoms with Crippen LogP contribution >= 0.6 is 0 Å². The number of hydrogen-bond acceptors (Lipinski definition) is 4. The summed E-state index contributed by atoms with van der Waals surface area (Å²) in [5.74, 6) is 0.602. The predicted octanol–water partition coefficient (Wildman–Crippen LogP) is 4.46. The van der Waals surface area contributed by atoms with Gasteiger partial charge in [0.2, 0.25) is 0 Å². The normalized spacial score (nSPS) is 14.9. The molecule has 27 heavy (non-hydrogen) atoms. The molecule has 1 atom stereocenters. The van der Waals surface area contributed by atoms with E-state index in [1.54, 1.807) is 12.1 Å². The molecule has 3 aromatic carbocycles. The van der Waals surface area contributed by atoms with Crippen molar-refractivity contribution >= 4 is 22.7 Å². The third-order valence-corrected chi connectivity index (χ3v) is 4.96. The van der Waals surface area contributed by atoms with Gasteiger partial charge in [-0.2, -0.15) is 0 Å². The highest BCUT2D eigenvalue weighted by molar-refractivity contribution is 5.89. The second kappa shape index (κ2) is 5.99. The van der Waals surface area contributed by atoms with Crippen LogP contribution in [0.25, 0.3) is 22.4 Å². The molecule has 1 unspecified atom stereocenters. The van der Waals surface area contributed by atoms with Crippen molar-refractivity contribution in [3.8, 4) is 11.4 Å². The molecule has 4 aromatic rings. The number of nitrogens with zero attached hydrogens (tertiary/aromatic N) is 2. The smallest absolute Gasteiger partial charge is 0.337 e. The van der Waals surface area contributed by atoms with Crippen molar-refractivity contribution in [1.82, 2.24) is 9.55 Å². The van der Waals surface area contributed by atoms with Crippen molar-refractivity contribution in [2.75, 3.05) is 12.4 Å². The van der Waals surface area contributed by atoms with Crippen molar-refractivity contribution in [2.45, 2.75) is 6.17 Å². The summed E-state index contributed by atoms with van der Waals surface area (Å²) in [6.07, 6.45) is -0.117. The molecule has 5 heteroatoms. The molecule has 0 amide bonds. The number of nitrogens with one attached hydrogen (secondary N) is 1. The molecule has 0 fully saturated rings. The second-order valence-electron chi connectivity index (χ2n) is 6.50. The number of benzene rings is 3. The van der Waals surface area contributed by atoms with Crippen molar-refractivity contribution in [3.05, 3.63) is 83.9 Å². The van der Waals surface area contributed by atoms with Crippen molar-refractivity contribution in [1.29, 1.82) is 0 Å². The Morgan fingerprint density at radius 2 is 1.74 bits per heavy atom. The lowest BCUT2D eigenvalue weighted by Crippen LogP contribution is -2.24. The van der Waals surface area contributed by atoms with Crippen LogP contribution in [-0.4, -0.2) is 22.6 Å². The van der Waals surface area contributed by atoms with Crippen LogP contribution in [0.3, 0.4) is 0 Å². The first-order valence-electron chi connectivity index (χ1n) is 8.77. The minimum Gasteiger partial charge on any atom is -0.465 e. The third-order valence-electron chi connectivity index (χ3n) is 4.96. The minimum absolute atomic E-state index is 0.117. The number of ether oxygens (including phenoxy) is 1. The number of carbonyl (C=O) groups excluding carboxylic acids is 1. The summed E-state index contributed by atoms with van der Waals surface area (Å²) in [6.45, 7) is 0. The molecular formula is C22H17N3O2. The summed E-state index contributed by atoms with van der Waals surface area (Å²) in [5.41, 5.74) is 5.73. The van der Waals surface area contributed by atoms with Gasteiger partial charge in [-0.05, 0) is 42.0 Å². The fourth-order valence-corrected chi connectivity index (χ4v) is 3.66. The number of hydrogen-bond donors (Lipinski definition) is 1. The van der Waals surface area contributed by atoms with E-state index in [0.717, 1.165) is 33.7 Å². The lowest BCUT2D eigenvalue weighted by molar-refractivity contribution is 0.0600. The largest absolute Gasteiger partial charge is 0.465 e. The molecule has 0 aliphatic carbocycles. The van der Waals surface area contributed by atoms with Crippen LogP contribution in [0.2, 0.25) is 0 Å². The Morgan fingerprint density at radius 3 is 2.56 bits per heavy atom. The Labute approximate surface area is 156 Å². The topological polar surface area (TPSA) is 56.1 Å². The van der Waals surface area contributed by atoms with Gasteiger partial charge in [0.1, 0.15) is 12.0 Å². The van der Waals surface area contributed by atoms with Crippen LogP contribution in [0, 0.1) is 0 Å². The van der Waals surface area contributed by atoms with Gasteiger partial charge in [-0.1, -0.05) is 36.4 Å². The molecule has 1 aromatic heterocycles. The molecule has 2 heterocycles. The van der Waals surface area contributed by atoms with Gasteiger partial charge in [0.15, 0.2) is 0 Å². The standard InChI is InChI=1S/C22H17N3O2/c1-27-22(26)15-12-10-14(11-13-15)20-23-17-7-3-2-6-16(17)21-24-18-8-4-5-9-19(18)25(20)21/h2-13,20,23H,1H3. The maximum atomic E-state index is 11.7. The van der Waals surface area contributed by atoms with E-state index in [-0.39, 0.29) is 12.1 Å². The van der Waals surface area contributed by atoms with E-state index in [1.165, 1.54) is 7.11 Å². The second-order valence-corrected chi connectivity index (χ2v) is 6.50. The van der Waals surface area contributed by atoms with Gasteiger partial charge in [-0.3, -0.25) is 4.57 Å². The van der Waals surface area contributed by atoms with Gasteiger partial charge in [-0.15, -0.1) is 0 Å². The predicted molar refractivity (Wildman–Crippen MR) is 105 cm³/mol. The molecular weight excluding hydrogens is 338 g/mol. The number of fused-ring (bicyclic) bond motifs is 5. The van der Waals surface area contributed by atoms with Crippen LogP contribution in [0.1, 0.15) is 22.1 Å². The maximum Gasteiger partial charge on any atom is 0.337 e. The number of anilines is 1. The van der Waals surface area contributed by atoms with Crippen LogP contribution in [0.15, 0.2) is 72.8 Å². The molecule has 0 saturated heterocycles. The van der Waals surface area contributed by atoms with E-state index in [0.29, 0.717) is 5.56 Å². The number of aromatic nitrogens is 2. The van der Waals surface area contributed by atoms with Crippen molar-refractivity contribution in [3.63, 3.8) is 0 Å². The number of esters is 1. The van der Waals surface area contributed by atoms with Gasteiger partial charge in [0.25, 0.3) is 0 Å². The van der Waals surface area contributed by atoms with Gasteiger partial charge >= 0.3 is 5.97 Å².